The molecule has 0 fully saturated rings. The Labute approximate surface area is 172 Å². The van der Waals surface area contributed by atoms with Crippen molar-refractivity contribution >= 4 is 15.8 Å². The van der Waals surface area contributed by atoms with Crippen LogP contribution in [0.2, 0.25) is 0 Å². The molecule has 2 aromatic rings. The summed E-state index contributed by atoms with van der Waals surface area (Å²) in [7, 11) is -2.04. The predicted octanol–water partition coefficient (Wildman–Crippen LogP) is 3.34. The van der Waals surface area contributed by atoms with Crippen LogP contribution in [0.25, 0.3) is 0 Å². The smallest absolute Gasteiger partial charge is 0.323 e. The van der Waals surface area contributed by atoms with Crippen LogP contribution in [-0.2, 0) is 26.0 Å². The lowest BCUT2D eigenvalue weighted by Crippen LogP contribution is -2.42. The summed E-state index contributed by atoms with van der Waals surface area (Å²) in [5.41, 5.74) is 0.911. The zero-order chi connectivity index (χ0) is 21.3. The van der Waals surface area contributed by atoms with Gasteiger partial charge in [-0.15, -0.1) is 0 Å². The zero-order valence-corrected chi connectivity index (χ0v) is 17.7. The number of ether oxygens (including phenoxy) is 2. The minimum Gasteiger partial charge on any atom is -0.497 e. The third kappa shape index (κ3) is 7.03. The minimum atomic E-state index is -3.56. The first-order valence-corrected chi connectivity index (χ1v) is 10.9. The number of methoxy groups -OCH3 is 1. The summed E-state index contributed by atoms with van der Waals surface area (Å²) < 4.78 is 35.1. The van der Waals surface area contributed by atoms with Crippen LogP contribution in [0.1, 0.15) is 19.4 Å². The molecule has 29 heavy (non-hydrogen) atoms. The molecule has 7 heteroatoms. The van der Waals surface area contributed by atoms with Crippen LogP contribution in [0, 0.1) is 5.92 Å². The Kier molecular flexibility index (Phi) is 8.42. The Balaban J connectivity index is 1.91. The fraction of sp³-hybridized carbons (Fsp3) is 0.318. The molecule has 0 aromatic heterocycles. The molecule has 0 bridgehead atoms. The van der Waals surface area contributed by atoms with Gasteiger partial charge >= 0.3 is 5.97 Å². The van der Waals surface area contributed by atoms with E-state index in [0.717, 1.165) is 11.0 Å². The molecule has 0 saturated heterocycles. The first-order chi connectivity index (χ1) is 13.8. The maximum atomic E-state index is 12.4. The predicted molar refractivity (Wildman–Crippen MR) is 112 cm³/mol. The van der Waals surface area contributed by atoms with E-state index in [1.54, 1.807) is 12.1 Å². The quantitative estimate of drug-likeness (QED) is 0.597. The number of carbonyl (C=O) groups is 1. The van der Waals surface area contributed by atoms with Gasteiger partial charge in [-0.2, -0.15) is 0 Å². The van der Waals surface area contributed by atoms with Gasteiger partial charge < -0.3 is 14.8 Å². The second-order valence-electron chi connectivity index (χ2n) is 6.82. The molecule has 0 aliphatic rings. The first-order valence-electron chi connectivity index (χ1n) is 9.33. The van der Waals surface area contributed by atoms with E-state index in [1.807, 2.05) is 44.2 Å². The molecular weight excluding hydrogens is 390 g/mol. The fourth-order valence-electron chi connectivity index (χ4n) is 2.62. The van der Waals surface area contributed by atoms with Gasteiger partial charge in [0.15, 0.2) is 9.84 Å². The highest BCUT2D eigenvalue weighted by Crippen LogP contribution is 2.17. The Morgan fingerprint density at radius 3 is 2.31 bits per heavy atom. The molecule has 2 rings (SSSR count). The van der Waals surface area contributed by atoms with Crippen molar-refractivity contribution < 1.29 is 22.7 Å². The standard InChI is InChI=1S/C22H27NO5S/c1-17(2)21(22(24)28-16-18-8-5-4-6-9-18)23-14-7-15-29(25,26)20-12-10-19(27-3)11-13-20/h4-13,15,17,21,23H,14,16H2,1-3H3. The molecule has 0 radical (unpaired) electrons. The molecule has 0 aliphatic carbocycles. The van der Waals surface area contributed by atoms with Crippen molar-refractivity contribution in [3.8, 4) is 5.75 Å². The second-order valence-corrected chi connectivity index (χ2v) is 8.65. The highest BCUT2D eigenvalue weighted by molar-refractivity contribution is 7.94. The Morgan fingerprint density at radius 1 is 1.07 bits per heavy atom. The van der Waals surface area contributed by atoms with Gasteiger partial charge in [0.25, 0.3) is 0 Å². The van der Waals surface area contributed by atoms with E-state index < -0.39 is 15.9 Å². The number of esters is 1. The average molecular weight is 418 g/mol. The number of benzene rings is 2. The lowest BCUT2D eigenvalue weighted by atomic mass is 10.0. The Bertz CT molecular complexity index is 906. The Morgan fingerprint density at radius 2 is 1.72 bits per heavy atom. The van der Waals surface area contributed by atoms with Crippen LogP contribution < -0.4 is 10.1 Å². The van der Waals surface area contributed by atoms with Crippen molar-refractivity contribution in [3.05, 3.63) is 71.6 Å². The van der Waals surface area contributed by atoms with Crippen LogP contribution in [0.15, 0.2) is 71.0 Å². The largest absolute Gasteiger partial charge is 0.497 e. The summed E-state index contributed by atoms with van der Waals surface area (Å²) >= 11 is 0. The molecule has 0 heterocycles. The topological polar surface area (TPSA) is 81.7 Å². The van der Waals surface area contributed by atoms with E-state index >= 15 is 0 Å². The lowest BCUT2D eigenvalue weighted by molar-refractivity contribution is -0.148. The third-order valence-electron chi connectivity index (χ3n) is 4.26. The molecule has 0 spiro atoms. The number of sulfone groups is 1. The Hall–Kier alpha value is -2.64. The number of hydrogen-bond donors (Lipinski definition) is 1. The van der Waals surface area contributed by atoms with Crippen LogP contribution in [-0.4, -0.2) is 34.1 Å². The monoisotopic (exact) mass is 417 g/mol. The maximum absolute atomic E-state index is 12.4. The van der Waals surface area contributed by atoms with E-state index in [9.17, 15) is 13.2 Å². The first kappa shape index (κ1) is 22.6. The van der Waals surface area contributed by atoms with Crippen LogP contribution in [0.4, 0.5) is 0 Å². The molecule has 1 unspecified atom stereocenters. The molecule has 0 amide bonds. The van der Waals surface area contributed by atoms with E-state index in [1.165, 1.54) is 25.3 Å². The van der Waals surface area contributed by atoms with Crippen molar-refractivity contribution in [1.82, 2.24) is 5.32 Å². The SMILES string of the molecule is COc1ccc(S(=O)(=O)C=CCNC(C(=O)OCc2ccccc2)C(C)C)cc1. The number of hydrogen-bond acceptors (Lipinski definition) is 6. The highest BCUT2D eigenvalue weighted by atomic mass is 32.2. The van der Waals surface area contributed by atoms with E-state index in [0.29, 0.717) is 5.75 Å². The van der Waals surface area contributed by atoms with Gasteiger partial charge in [0.05, 0.1) is 12.0 Å². The van der Waals surface area contributed by atoms with Crippen molar-refractivity contribution in [3.63, 3.8) is 0 Å². The van der Waals surface area contributed by atoms with Gasteiger partial charge in [-0.05, 0) is 35.7 Å². The van der Waals surface area contributed by atoms with E-state index in [2.05, 4.69) is 5.32 Å². The van der Waals surface area contributed by atoms with Gasteiger partial charge in [-0.25, -0.2) is 8.42 Å². The molecule has 2 aromatic carbocycles. The summed E-state index contributed by atoms with van der Waals surface area (Å²) in [5.74, 6) is 0.212. The normalized spacial score (nSPS) is 12.8. The summed E-state index contributed by atoms with van der Waals surface area (Å²) in [6.45, 7) is 4.23. The van der Waals surface area contributed by atoms with Gasteiger partial charge in [-0.1, -0.05) is 50.3 Å². The van der Waals surface area contributed by atoms with Crippen LogP contribution >= 0.6 is 0 Å². The van der Waals surface area contributed by atoms with E-state index in [-0.39, 0.29) is 29.9 Å². The van der Waals surface area contributed by atoms with Crippen molar-refractivity contribution in [1.29, 1.82) is 0 Å². The lowest BCUT2D eigenvalue weighted by Gasteiger charge is -2.20. The molecule has 0 aliphatic heterocycles. The molecule has 6 nitrogen and oxygen atoms in total. The average Bonchev–Trinajstić information content (AvgIpc) is 2.72. The van der Waals surface area contributed by atoms with Gasteiger partial charge in [-0.3, -0.25) is 4.79 Å². The van der Waals surface area contributed by atoms with Crippen molar-refractivity contribution in [2.45, 2.75) is 31.4 Å². The minimum absolute atomic E-state index is 0.00938. The fourth-order valence-corrected chi connectivity index (χ4v) is 3.65. The summed E-state index contributed by atoms with van der Waals surface area (Å²) in [6, 6.07) is 15.1. The van der Waals surface area contributed by atoms with Gasteiger partial charge in [0.1, 0.15) is 18.4 Å². The summed E-state index contributed by atoms with van der Waals surface area (Å²) in [5, 5.41) is 4.19. The molecule has 156 valence electrons. The van der Waals surface area contributed by atoms with Crippen molar-refractivity contribution in [2.75, 3.05) is 13.7 Å². The summed E-state index contributed by atoms with van der Waals surface area (Å²) in [4.78, 5) is 12.6. The van der Waals surface area contributed by atoms with Crippen LogP contribution in [0.5, 0.6) is 5.75 Å². The van der Waals surface area contributed by atoms with Gasteiger partial charge in [0.2, 0.25) is 0 Å². The molecule has 1 N–H and O–H groups in total. The van der Waals surface area contributed by atoms with E-state index in [4.69, 9.17) is 9.47 Å². The number of carbonyl (C=O) groups excluding carboxylic acids is 1. The third-order valence-corrected chi connectivity index (χ3v) is 5.74. The molecule has 1 atom stereocenters. The number of rotatable bonds is 10. The van der Waals surface area contributed by atoms with Crippen molar-refractivity contribution in [2.24, 2.45) is 5.92 Å². The number of nitrogens with one attached hydrogen (secondary N) is 1. The zero-order valence-electron chi connectivity index (χ0n) is 16.9. The maximum Gasteiger partial charge on any atom is 0.323 e. The summed E-state index contributed by atoms with van der Waals surface area (Å²) in [6.07, 6.45) is 1.49. The van der Waals surface area contributed by atoms with Crippen LogP contribution in [0.3, 0.4) is 0 Å². The second kappa shape index (κ2) is 10.8. The highest BCUT2D eigenvalue weighted by Gasteiger charge is 2.22. The molecule has 0 saturated carbocycles. The molecular formula is C22H27NO5S. The van der Waals surface area contributed by atoms with Gasteiger partial charge in [0, 0.05) is 12.0 Å².